The van der Waals surface area contributed by atoms with Crippen molar-refractivity contribution in [2.45, 2.75) is 19.9 Å². The zero-order valence-electron chi connectivity index (χ0n) is 16.6. The number of aryl methyl sites for hydroxylation is 2. The monoisotopic (exact) mass is 377 g/mol. The van der Waals surface area contributed by atoms with E-state index in [1.807, 2.05) is 0 Å². The van der Waals surface area contributed by atoms with Gasteiger partial charge in [0.25, 0.3) is 0 Å². The second-order valence-corrected chi connectivity index (χ2v) is 7.65. The summed E-state index contributed by atoms with van der Waals surface area (Å²) < 4.78 is 2.09. The Morgan fingerprint density at radius 1 is 0.759 bits per heavy atom. The standard InChI is InChI=1S/C26H23N3/c1-18-8-12-20(13-9-18)23-16-25(22-6-4-3-5-7-22)29-26(27-23)17-24(28-29)21-14-10-19(2)11-15-21/h3-17,25,27H,1-2H3/t25-/m1/s1. The van der Waals surface area contributed by atoms with Crippen molar-refractivity contribution in [2.75, 3.05) is 5.32 Å². The number of hydrogen-bond acceptors (Lipinski definition) is 2. The minimum atomic E-state index is 0.0444. The molecular formula is C26H23N3. The smallest absolute Gasteiger partial charge is 0.130 e. The molecule has 3 aromatic carbocycles. The predicted molar refractivity (Wildman–Crippen MR) is 120 cm³/mol. The summed E-state index contributed by atoms with van der Waals surface area (Å²) >= 11 is 0. The van der Waals surface area contributed by atoms with Crippen LogP contribution in [-0.2, 0) is 0 Å². The molecule has 0 spiro atoms. The first-order chi connectivity index (χ1) is 14.2. The molecule has 5 rings (SSSR count). The van der Waals surface area contributed by atoms with Crippen molar-refractivity contribution >= 4 is 11.5 Å². The quantitative estimate of drug-likeness (QED) is 0.459. The number of rotatable bonds is 3. The molecule has 1 aliphatic heterocycles. The Morgan fingerprint density at radius 2 is 1.38 bits per heavy atom. The van der Waals surface area contributed by atoms with Crippen molar-refractivity contribution in [3.63, 3.8) is 0 Å². The van der Waals surface area contributed by atoms with Gasteiger partial charge in [-0.15, -0.1) is 0 Å². The van der Waals surface area contributed by atoms with E-state index in [2.05, 4.69) is 115 Å². The molecule has 142 valence electrons. The summed E-state index contributed by atoms with van der Waals surface area (Å²) in [7, 11) is 0. The van der Waals surface area contributed by atoms with Gasteiger partial charge in [0.2, 0.25) is 0 Å². The lowest BCUT2D eigenvalue weighted by Gasteiger charge is -2.25. The van der Waals surface area contributed by atoms with E-state index in [1.54, 1.807) is 0 Å². The Morgan fingerprint density at radius 3 is 2.03 bits per heavy atom. The van der Waals surface area contributed by atoms with Gasteiger partial charge < -0.3 is 5.32 Å². The molecule has 1 aliphatic rings. The summed E-state index contributed by atoms with van der Waals surface area (Å²) in [4.78, 5) is 0. The van der Waals surface area contributed by atoms with Crippen molar-refractivity contribution < 1.29 is 0 Å². The van der Waals surface area contributed by atoms with Gasteiger partial charge >= 0.3 is 0 Å². The van der Waals surface area contributed by atoms with Crippen LogP contribution in [0.15, 0.2) is 91.0 Å². The van der Waals surface area contributed by atoms with Crippen molar-refractivity contribution in [1.29, 1.82) is 0 Å². The molecule has 0 unspecified atom stereocenters. The zero-order chi connectivity index (χ0) is 19.8. The Kier molecular flexibility index (Phi) is 4.28. The van der Waals surface area contributed by atoms with Gasteiger partial charge in [-0.05, 0) is 31.1 Å². The van der Waals surface area contributed by atoms with Crippen molar-refractivity contribution in [2.24, 2.45) is 0 Å². The molecule has 0 saturated heterocycles. The van der Waals surface area contributed by atoms with Crippen LogP contribution in [0.3, 0.4) is 0 Å². The maximum Gasteiger partial charge on any atom is 0.130 e. The van der Waals surface area contributed by atoms with Crippen molar-refractivity contribution in [3.8, 4) is 11.3 Å². The molecule has 1 aromatic heterocycles. The highest BCUT2D eigenvalue weighted by Crippen LogP contribution is 2.35. The van der Waals surface area contributed by atoms with Gasteiger partial charge in [0.05, 0.1) is 11.7 Å². The third kappa shape index (κ3) is 3.36. The SMILES string of the molecule is Cc1ccc(C2=C[C@H](c3ccccc3)n3nc(-c4ccc(C)cc4)cc3N2)cc1. The molecule has 0 saturated carbocycles. The third-order valence-electron chi connectivity index (χ3n) is 5.44. The van der Waals surface area contributed by atoms with E-state index in [9.17, 15) is 0 Å². The Hall–Kier alpha value is -3.59. The largest absolute Gasteiger partial charge is 0.340 e. The zero-order valence-corrected chi connectivity index (χ0v) is 16.6. The summed E-state index contributed by atoms with van der Waals surface area (Å²) in [5.41, 5.74) is 8.13. The number of nitrogens with one attached hydrogen (secondary N) is 1. The lowest BCUT2D eigenvalue weighted by atomic mass is 10.0. The summed E-state index contributed by atoms with van der Waals surface area (Å²) in [5, 5.41) is 8.56. The fraction of sp³-hybridized carbons (Fsp3) is 0.115. The Bertz CT molecular complexity index is 1170. The van der Waals surface area contributed by atoms with E-state index in [4.69, 9.17) is 5.10 Å². The van der Waals surface area contributed by atoms with Gasteiger partial charge in [0.15, 0.2) is 0 Å². The number of anilines is 1. The van der Waals surface area contributed by atoms with Crippen LogP contribution in [0.1, 0.15) is 28.3 Å². The minimum Gasteiger partial charge on any atom is -0.340 e. The van der Waals surface area contributed by atoms with Crippen LogP contribution in [0.2, 0.25) is 0 Å². The second kappa shape index (κ2) is 7.10. The molecule has 2 heterocycles. The van der Waals surface area contributed by atoms with Gasteiger partial charge in [-0.1, -0.05) is 90.0 Å². The van der Waals surface area contributed by atoms with E-state index in [0.717, 1.165) is 22.8 Å². The molecule has 1 atom stereocenters. The summed E-state index contributed by atoms with van der Waals surface area (Å²) in [5.74, 6) is 1.01. The lowest BCUT2D eigenvalue weighted by Crippen LogP contribution is -2.19. The number of aromatic nitrogens is 2. The predicted octanol–water partition coefficient (Wildman–Crippen LogP) is 6.22. The van der Waals surface area contributed by atoms with E-state index >= 15 is 0 Å². The normalized spacial score (nSPS) is 15.4. The van der Waals surface area contributed by atoms with Crippen LogP contribution >= 0.6 is 0 Å². The molecule has 3 nitrogen and oxygen atoms in total. The fourth-order valence-electron chi connectivity index (χ4n) is 3.76. The van der Waals surface area contributed by atoms with Gasteiger partial charge in [-0.25, -0.2) is 4.68 Å². The van der Waals surface area contributed by atoms with Crippen LogP contribution in [0.4, 0.5) is 5.82 Å². The molecule has 4 aromatic rings. The first-order valence-corrected chi connectivity index (χ1v) is 9.95. The first kappa shape index (κ1) is 17.5. The van der Waals surface area contributed by atoms with Crippen LogP contribution in [0.25, 0.3) is 17.0 Å². The topological polar surface area (TPSA) is 29.9 Å². The third-order valence-corrected chi connectivity index (χ3v) is 5.44. The number of benzene rings is 3. The highest BCUT2D eigenvalue weighted by atomic mass is 15.4. The molecule has 29 heavy (non-hydrogen) atoms. The average molecular weight is 377 g/mol. The van der Waals surface area contributed by atoms with Gasteiger partial charge in [0, 0.05) is 17.3 Å². The van der Waals surface area contributed by atoms with Crippen LogP contribution in [0.5, 0.6) is 0 Å². The Labute approximate surface area is 171 Å². The minimum absolute atomic E-state index is 0.0444. The molecule has 0 amide bonds. The molecule has 0 bridgehead atoms. The van der Waals surface area contributed by atoms with Crippen molar-refractivity contribution in [3.05, 3.63) is 113 Å². The molecule has 1 N–H and O–H groups in total. The van der Waals surface area contributed by atoms with E-state index in [-0.39, 0.29) is 6.04 Å². The number of fused-ring (bicyclic) bond motifs is 1. The fourth-order valence-corrected chi connectivity index (χ4v) is 3.76. The average Bonchev–Trinajstić information content (AvgIpc) is 3.19. The van der Waals surface area contributed by atoms with Crippen LogP contribution in [0, 0.1) is 13.8 Å². The molecule has 3 heteroatoms. The molecule has 0 aliphatic carbocycles. The number of allylic oxidation sites excluding steroid dienone is 1. The molecule has 0 fully saturated rings. The van der Waals surface area contributed by atoms with Gasteiger partial charge in [0.1, 0.15) is 5.82 Å². The van der Waals surface area contributed by atoms with E-state index in [0.29, 0.717) is 0 Å². The van der Waals surface area contributed by atoms with Crippen LogP contribution < -0.4 is 5.32 Å². The van der Waals surface area contributed by atoms with Crippen LogP contribution in [-0.4, -0.2) is 9.78 Å². The summed E-state index contributed by atoms with van der Waals surface area (Å²) in [6, 6.07) is 29.9. The Balaban J connectivity index is 1.61. The molecule has 0 radical (unpaired) electrons. The van der Waals surface area contributed by atoms with Crippen molar-refractivity contribution in [1.82, 2.24) is 9.78 Å². The highest BCUT2D eigenvalue weighted by Gasteiger charge is 2.24. The van der Waals surface area contributed by atoms with E-state index < -0.39 is 0 Å². The maximum absolute atomic E-state index is 4.96. The number of hydrogen-bond donors (Lipinski definition) is 1. The second-order valence-electron chi connectivity index (χ2n) is 7.65. The van der Waals surface area contributed by atoms with E-state index in [1.165, 1.54) is 22.3 Å². The summed E-state index contributed by atoms with van der Waals surface area (Å²) in [6.07, 6.45) is 2.26. The van der Waals surface area contributed by atoms with Gasteiger partial charge in [-0.3, -0.25) is 0 Å². The van der Waals surface area contributed by atoms with Gasteiger partial charge in [-0.2, -0.15) is 5.10 Å². The first-order valence-electron chi connectivity index (χ1n) is 9.95. The lowest BCUT2D eigenvalue weighted by molar-refractivity contribution is 0.615. The highest BCUT2D eigenvalue weighted by molar-refractivity contribution is 5.80. The maximum atomic E-state index is 4.96. The summed E-state index contributed by atoms with van der Waals surface area (Å²) in [6.45, 7) is 4.22. The molecular weight excluding hydrogens is 354 g/mol. The number of nitrogens with zero attached hydrogens (tertiary/aromatic N) is 2.